The average Bonchev–Trinajstić information content (AvgIpc) is 2.36. The van der Waals surface area contributed by atoms with Gasteiger partial charge in [-0.1, -0.05) is 30.3 Å². The summed E-state index contributed by atoms with van der Waals surface area (Å²) in [6, 6.07) is 15.8. The topological polar surface area (TPSA) is 12.0 Å². The van der Waals surface area contributed by atoms with E-state index in [-0.39, 0.29) is 5.82 Å². The van der Waals surface area contributed by atoms with Gasteiger partial charge in [0.2, 0.25) is 0 Å². The molecular formula is C17H20FN. The van der Waals surface area contributed by atoms with Gasteiger partial charge in [0.15, 0.2) is 0 Å². The summed E-state index contributed by atoms with van der Waals surface area (Å²) in [5.41, 5.74) is 3.14. The molecule has 1 nitrogen and oxygen atoms in total. The fourth-order valence-corrected chi connectivity index (χ4v) is 2.20. The van der Waals surface area contributed by atoms with Gasteiger partial charge in [-0.2, -0.15) is 0 Å². The van der Waals surface area contributed by atoms with Crippen LogP contribution in [0.15, 0.2) is 48.5 Å². The first-order valence-electron chi connectivity index (χ1n) is 6.71. The standard InChI is InChI=1S/C17H20FN/c1-13-10-16(18)12-17(11-13)19-14(2)8-9-15-6-4-3-5-7-15/h3-7,10-12,14,19H,8-9H2,1-2H3. The lowest BCUT2D eigenvalue weighted by atomic mass is 10.1. The molecule has 0 aromatic heterocycles. The molecule has 0 aliphatic carbocycles. The Morgan fingerprint density at radius 3 is 2.53 bits per heavy atom. The van der Waals surface area contributed by atoms with Gasteiger partial charge >= 0.3 is 0 Å². The molecule has 0 amide bonds. The third kappa shape index (κ3) is 4.40. The van der Waals surface area contributed by atoms with E-state index in [9.17, 15) is 4.39 Å². The molecule has 2 rings (SSSR count). The van der Waals surface area contributed by atoms with Gasteiger partial charge in [-0.05, 0) is 56.0 Å². The molecule has 1 unspecified atom stereocenters. The Morgan fingerprint density at radius 2 is 1.84 bits per heavy atom. The zero-order valence-corrected chi connectivity index (χ0v) is 11.5. The van der Waals surface area contributed by atoms with Crippen LogP contribution in [0.4, 0.5) is 10.1 Å². The lowest BCUT2D eigenvalue weighted by Crippen LogP contribution is -2.16. The van der Waals surface area contributed by atoms with E-state index in [0.29, 0.717) is 6.04 Å². The predicted molar refractivity (Wildman–Crippen MR) is 79.0 cm³/mol. The van der Waals surface area contributed by atoms with Crippen molar-refractivity contribution in [2.24, 2.45) is 0 Å². The molecule has 0 saturated carbocycles. The smallest absolute Gasteiger partial charge is 0.125 e. The molecule has 0 fully saturated rings. The summed E-state index contributed by atoms with van der Waals surface area (Å²) < 4.78 is 13.3. The monoisotopic (exact) mass is 257 g/mol. The predicted octanol–water partition coefficient (Wildman–Crippen LogP) is 4.57. The third-order valence-electron chi connectivity index (χ3n) is 3.16. The van der Waals surface area contributed by atoms with E-state index in [0.717, 1.165) is 24.1 Å². The fraction of sp³-hybridized carbons (Fsp3) is 0.294. The van der Waals surface area contributed by atoms with E-state index in [4.69, 9.17) is 0 Å². The van der Waals surface area contributed by atoms with Crippen molar-refractivity contribution in [1.82, 2.24) is 0 Å². The van der Waals surface area contributed by atoms with E-state index in [1.165, 1.54) is 5.56 Å². The van der Waals surface area contributed by atoms with Gasteiger partial charge in [-0.15, -0.1) is 0 Å². The quantitative estimate of drug-likeness (QED) is 0.827. The first kappa shape index (κ1) is 13.6. The van der Waals surface area contributed by atoms with Crippen molar-refractivity contribution < 1.29 is 4.39 Å². The van der Waals surface area contributed by atoms with Crippen LogP contribution in [-0.4, -0.2) is 6.04 Å². The highest BCUT2D eigenvalue weighted by Crippen LogP contribution is 2.16. The van der Waals surface area contributed by atoms with E-state index >= 15 is 0 Å². The molecule has 2 aromatic rings. The number of aryl methyl sites for hydroxylation is 2. The summed E-state index contributed by atoms with van der Waals surface area (Å²) in [5.74, 6) is -0.183. The maximum atomic E-state index is 13.3. The molecule has 0 radical (unpaired) electrons. The molecule has 1 N–H and O–H groups in total. The number of nitrogens with one attached hydrogen (secondary N) is 1. The number of benzene rings is 2. The largest absolute Gasteiger partial charge is 0.382 e. The lowest BCUT2D eigenvalue weighted by Gasteiger charge is -2.15. The highest BCUT2D eigenvalue weighted by molar-refractivity contribution is 5.46. The summed E-state index contributed by atoms with van der Waals surface area (Å²) in [7, 11) is 0. The zero-order valence-electron chi connectivity index (χ0n) is 11.5. The van der Waals surface area contributed by atoms with Crippen molar-refractivity contribution >= 4 is 5.69 Å². The average molecular weight is 257 g/mol. The Hall–Kier alpha value is -1.83. The van der Waals surface area contributed by atoms with E-state index in [1.54, 1.807) is 12.1 Å². The molecule has 1 atom stereocenters. The van der Waals surface area contributed by atoms with Gasteiger partial charge in [-0.25, -0.2) is 4.39 Å². The van der Waals surface area contributed by atoms with Gasteiger partial charge in [0.25, 0.3) is 0 Å². The molecule has 0 saturated heterocycles. The van der Waals surface area contributed by atoms with Crippen LogP contribution in [-0.2, 0) is 6.42 Å². The Labute approximate surface area is 114 Å². The van der Waals surface area contributed by atoms with Crippen LogP contribution in [0.5, 0.6) is 0 Å². The number of hydrogen-bond donors (Lipinski definition) is 1. The van der Waals surface area contributed by atoms with E-state index in [1.807, 2.05) is 19.1 Å². The van der Waals surface area contributed by atoms with Crippen molar-refractivity contribution in [2.45, 2.75) is 32.7 Å². The van der Waals surface area contributed by atoms with Crippen LogP contribution in [0.3, 0.4) is 0 Å². The van der Waals surface area contributed by atoms with Crippen molar-refractivity contribution in [3.8, 4) is 0 Å². The first-order chi connectivity index (χ1) is 9.13. The van der Waals surface area contributed by atoms with Gasteiger partial charge < -0.3 is 5.32 Å². The minimum absolute atomic E-state index is 0.183. The molecule has 2 heteroatoms. The summed E-state index contributed by atoms with van der Waals surface area (Å²) in [5, 5.41) is 3.35. The molecular weight excluding hydrogens is 237 g/mol. The molecule has 0 heterocycles. The van der Waals surface area contributed by atoms with Crippen LogP contribution in [0.2, 0.25) is 0 Å². The number of halogens is 1. The van der Waals surface area contributed by atoms with Crippen LogP contribution < -0.4 is 5.32 Å². The minimum atomic E-state index is -0.183. The van der Waals surface area contributed by atoms with Crippen LogP contribution in [0, 0.1) is 12.7 Å². The highest BCUT2D eigenvalue weighted by atomic mass is 19.1. The molecule has 2 aromatic carbocycles. The second-order valence-electron chi connectivity index (χ2n) is 5.09. The SMILES string of the molecule is Cc1cc(F)cc(NC(C)CCc2ccccc2)c1. The molecule has 0 aliphatic rings. The molecule has 19 heavy (non-hydrogen) atoms. The third-order valence-corrected chi connectivity index (χ3v) is 3.16. The lowest BCUT2D eigenvalue weighted by molar-refractivity contribution is 0.626. The molecule has 0 bridgehead atoms. The first-order valence-corrected chi connectivity index (χ1v) is 6.71. The zero-order chi connectivity index (χ0) is 13.7. The fourth-order valence-electron chi connectivity index (χ4n) is 2.20. The van der Waals surface area contributed by atoms with Crippen molar-refractivity contribution in [3.63, 3.8) is 0 Å². The highest BCUT2D eigenvalue weighted by Gasteiger charge is 2.04. The Kier molecular flexibility index (Phi) is 4.56. The summed E-state index contributed by atoms with van der Waals surface area (Å²) in [6.07, 6.45) is 2.06. The second-order valence-corrected chi connectivity index (χ2v) is 5.09. The van der Waals surface area contributed by atoms with Crippen molar-refractivity contribution in [2.75, 3.05) is 5.32 Å². The Bertz CT molecular complexity index is 502. The molecule has 0 spiro atoms. The Morgan fingerprint density at radius 1 is 1.11 bits per heavy atom. The second kappa shape index (κ2) is 6.37. The number of anilines is 1. The van der Waals surface area contributed by atoms with Crippen LogP contribution in [0.25, 0.3) is 0 Å². The van der Waals surface area contributed by atoms with Crippen molar-refractivity contribution in [3.05, 3.63) is 65.5 Å². The normalized spacial score (nSPS) is 12.2. The Balaban J connectivity index is 1.89. The van der Waals surface area contributed by atoms with E-state index < -0.39 is 0 Å². The summed E-state index contributed by atoms with van der Waals surface area (Å²) in [6.45, 7) is 4.03. The van der Waals surface area contributed by atoms with Gasteiger partial charge in [0.1, 0.15) is 5.82 Å². The van der Waals surface area contributed by atoms with Crippen molar-refractivity contribution in [1.29, 1.82) is 0 Å². The molecule has 100 valence electrons. The van der Waals surface area contributed by atoms with E-state index in [2.05, 4.69) is 36.5 Å². The maximum Gasteiger partial charge on any atom is 0.125 e. The van der Waals surface area contributed by atoms with Crippen LogP contribution >= 0.6 is 0 Å². The summed E-state index contributed by atoms with van der Waals surface area (Å²) >= 11 is 0. The van der Waals surface area contributed by atoms with Gasteiger partial charge in [-0.3, -0.25) is 0 Å². The summed E-state index contributed by atoms with van der Waals surface area (Å²) in [4.78, 5) is 0. The number of hydrogen-bond acceptors (Lipinski definition) is 1. The minimum Gasteiger partial charge on any atom is -0.382 e. The number of rotatable bonds is 5. The van der Waals surface area contributed by atoms with Gasteiger partial charge in [0, 0.05) is 11.7 Å². The van der Waals surface area contributed by atoms with Crippen LogP contribution in [0.1, 0.15) is 24.5 Å². The van der Waals surface area contributed by atoms with Gasteiger partial charge in [0.05, 0.1) is 0 Å². The molecule has 0 aliphatic heterocycles. The maximum absolute atomic E-state index is 13.3.